The summed E-state index contributed by atoms with van der Waals surface area (Å²) in [6, 6.07) is 16.2. The minimum Gasteiger partial charge on any atom is -0.350 e. The Labute approximate surface area is 140 Å². The standard InChI is InChI=1S/C20H17N3O/c24-20-19-16(9-11-22-20)13-18(23-19)15-8-10-21-17(12-15)7-6-14-4-2-1-3-5-14/h1-8,10,12-13,23H,9,11H2,(H,22,24). The fourth-order valence-electron chi connectivity index (χ4n) is 2.90. The first-order valence-corrected chi connectivity index (χ1v) is 7.99. The van der Waals surface area contributed by atoms with Crippen molar-refractivity contribution in [2.24, 2.45) is 0 Å². The molecule has 4 nitrogen and oxygen atoms in total. The minimum atomic E-state index is -0.0271. The fraction of sp³-hybridized carbons (Fsp3) is 0.100. The van der Waals surface area contributed by atoms with Crippen LogP contribution in [0.1, 0.15) is 27.3 Å². The Morgan fingerprint density at radius 1 is 1.04 bits per heavy atom. The van der Waals surface area contributed by atoms with Crippen LogP contribution < -0.4 is 5.32 Å². The van der Waals surface area contributed by atoms with Crippen LogP contribution in [0.5, 0.6) is 0 Å². The van der Waals surface area contributed by atoms with Crippen molar-refractivity contribution in [3.05, 3.63) is 77.2 Å². The molecule has 3 aromatic rings. The molecule has 1 aromatic carbocycles. The van der Waals surface area contributed by atoms with Gasteiger partial charge in [0.15, 0.2) is 0 Å². The third-order valence-corrected chi connectivity index (χ3v) is 4.14. The molecular weight excluding hydrogens is 298 g/mol. The molecule has 24 heavy (non-hydrogen) atoms. The lowest BCUT2D eigenvalue weighted by atomic mass is 10.1. The van der Waals surface area contributed by atoms with Crippen LogP contribution in [0.4, 0.5) is 0 Å². The van der Waals surface area contributed by atoms with Gasteiger partial charge in [0.25, 0.3) is 5.91 Å². The van der Waals surface area contributed by atoms with Crippen LogP contribution >= 0.6 is 0 Å². The molecule has 4 rings (SSSR count). The Morgan fingerprint density at radius 3 is 2.75 bits per heavy atom. The Hall–Kier alpha value is -3.14. The van der Waals surface area contributed by atoms with E-state index in [0.717, 1.165) is 34.5 Å². The number of nitrogens with zero attached hydrogens (tertiary/aromatic N) is 1. The number of H-pyrrole nitrogens is 1. The van der Waals surface area contributed by atoms with Crippen LogP contribution in [0.2, 0.25) is 0 Å². The second-order valence-corrected chi connectivity index (χ2v) is 5.80. The predicted octanol–water partition coefficient (Wildman–Crippen LogP) is 3.53. The van der Waals surface area contributed by atoms with Crippen molar-refractivity contribution < 1.29 is 4.79 Å². The molecule has 0 bridgehead atoms. The molecule has 4 heteroatoms. The number of hydrogen-bond donors (Lipinski definition) is 2. The average Bonchev–Trinajstić information content (AvgIpc) is 3.07. The van der Waals surface area contributed by atoms with Gasteiger partial charge in [-0.05, 0) is 41.8 Å². The predicted molar refractivity (Wildman–Crippen MR) is 95.4 cm³/mol. The molecule has 1 amide bonds. The number of carbonyl (C=O) groups excluding carboxylic acids is 1. The number of nitrogens with one attached hydrogen (secondary N) is 2. The highest BCUT2D eigenvalue weighted by molar-refractivity contribution is 5.96. The van der Waals surface area contributed by atoms with Gasteiger partial charge in [-0.25, -0.2) is 0 Å². The average molecular weight is 315 g/mol. The molecular formula is C20H17N3O. The molecule has 0 spiro atoms. The van der Waals surface area contributed by atoms with Gasteiger partial charge in [0.1, 0.15) is 5.69 Å². The summed E-state index contributed by atoms with van der Waals surface area (Å²) < 4.78 is 0. The van der Waals surface area contributed by atoms with Gasteiger partial charge in [0, 0.05) is 24.0 Å². The Bertz CT molecular complexity index is 910. The lowest BCUT2D eigenvalue weighted by Gasteiger charge is -2.10. The number of carbonyl (C=O) groups is 1. The van der Waals surface area contributed by atoms with E-state index in [1.807, 2.05) is 42.5 Å². The molecule has 1 aliphatic heterocycles. The van der Waals surface area contributed by atoms with Crippen molar-refractivity contribution in [3.8, 4) is 11.3 Å². The zero-order valence-corrected chi connectivity index (χ0v) is 13.1. The number of pyridine rings is 1. The van der Waals surface area contributed by atoms with Gasteiger partial charge in [-0.3, -0.25) is 9.78 Å². The molecule has 0 radical (unpaired) electrons. The Kier molecular flexibility index (Phi) is 3.71. The summed E-state index contributed by atoms with van der Waals surface area (Å²) in [5.74, 6) is -0.0271. The van der Waals surface area contributed by atoms with Gasteiger partial charge < -0.3 is 10.3 Å². The summed E-state index contributed by atoms with van der Waals surface area (Å²) >= 11 is 0. The summed E-state index contributed by atoms with van der Waals surface area (Å²) in [5.41, 5.74) is 5.75. The zero-order valence-electron chi connectivity index (χ0n) is 13.1. The third kappa shape index (κ3) is 2.86. The van der Waals surface area contributed by atoms with Gasteiger partial charge in [-0.2, -0.15) is 0 Å². The van der Waals surface area contributed by atoms with E-state index in [1.165, 1.54) is 0 Å². The smallest absolute Gasteiger partial charge is 0.268 e. The number of hydrogen-bond acceptors (Lipinski definition) is 2. The maximum Gasteiger partial charge on any atom is 0.268 e. The molecule has 0 unspecified atom stereocenters. The van der Waals surface area contributed by atoms with Crippen LogP contribution in [-0.2, 0) is 6.42 Å². The van der Waals surface area contributed by atoms with Crippen molar-refractivity contribution in [2.45, 2.75) is 6.42 Å². The van der Waals surface area contributed by atoms with Crippen LogP contribution in [0.3, 0.4) is 0 Å². The largest absolute Gasteiger partial charge is 0.350 e. The van der Waals surface area contributed by atoms with Crippen LogP contribution in [0.15, 0.2) is 54.7 Å². The second-order valence-electron chi connectivity index (χ2n) is 5.80. The van der Waals surface area contributed by atoms with Crippen LogP contribution in [0.25, 0.3) is 23.4 Å². The van der Waals surface area contributed by atoms with E-state index >= 15 is 0 Å². The summed E-state index contributed by atoms with van der Waals surface area (Å²) in [4.78, 5) is 19.5. The summed E-state index contributed by atoms with van der Waals surface area (Å²) in [7, 11) is 0. The van der Waals surface area contributed by atoms with Crippen molar-refractivity contribution in [1.29, 1.82) is 0 Å². The third-order valence-electron chi connectivity index (χ3n) is 4.14. The van der Waals surface area contributed by atoms with E-state index in [9.17, 15) is 4.79 Å². The highest BCUT2D eigenvalue weighted by atomic mass is 16.1. The molecule has 2 aromatic heterocycles. The molecule has 0 atom stereocenters. The minimum absolute atomic E-state index is 0.0271. The second kappa shape index (κ2) is 6.16. The van der Waals surface area contributed by atoms with Crippen LogP contribution in [0, 0.1) is 0 Å². The molecule has 0 aliphatic carbocycles. The number of aromatic nitrogens is 2. The topological polar surface area (TPSA) is 57.8 Å². The molecule has 118 valence electrons. The molecule has 2 N–H and O–H groups in total. The van der Waals surface area contributed by atoms with E-state index in [0.29, 0.717) is 12.2 Å². The van der Waals surface area contributed by atoms with Gasteiger partial charge in [-0.15, -0.1) is 0 Å². The first-order valence-electron chi connectivity index (χ1n) is 7.99. The first-order chi connectivity index (χ1) is 11.8. The van der Waals surface area contributed by atoms with E-state index in [4.69, 9.17) is 0 Å². The zero-order chi connectivity index (χ0) is 16.4. The van der Waals surface area contributed by atoms with Crippen molar-refractivity contribution >= 4 is 18.1 Å². The summed E-state index contributed by atoms with van der Waals surface area (Å²) in [6.07, 6.45) is 6.69. The lowest BCUT2D eigenvalue weighted by molar-refractivity contribution is 0.0941. The SMILES string of the molecule is O=C1NCCc2cc(-c3ccnc(C=Cc4ccccc4)c3)[nH]c21. The van der Waals surface area contributed by atoms with E-state index in [2.05, 4.69) is 33.5 Å². The van der Waals surface area contributed by atoms with E-state index in [1.54, 1.807) is 6.20 Å². The number of benzene rings is 1. The summed E-state index contributed by atoms with van der Waals surface area (Å²) in [5, 5.41) is 2.86. The maximum absolute atomic E-state index is 11.9. The van der Waals surface area contributed by atoms with Gasteiger partial charge in [-0.1, -0.05) is 36.4 Å². The van der Waals surface area contributed by atoms with Crippen molar-refractivity contribution in [3.63, 3.8) is 0 Å². The van der Waals surface area contributed by atoms with Gasteiger partial charge >= 0.3 is 0 Å². The number of fused-ring (bicyclic) bond motifs is 1. The quantitative estimate of drug-likeness (QED) is 0.777. The lowest BCUT2D eigenvalue weighted by Crippen LogP contribution is -2.31. The summed E-state index contributed by atoms with van der Waals surface area (Å²) in [6.45, 7) is 0.699. The van der Waals surface area contributed by atoms with Crippen molar-refractivity contribution in [1.82, 2.24) is 15.3 Å². The number of amides is 1. The molecule has 1 aliphatic rings. The van der Waals surface area contributed by atoms with E-state index < -0.39 is 0 Å². The Morgan fingerprint density at radius 2 is 1.92 bits per heavy atom. The molecule has 3 heterocycles. The fourth-order valence-corrected chi connectivity index (χ4v) is 2.90. The number of aromatic amines is 1. The van der Waals surface area contributed by atoms with Crippen molar-refractivity contribution in [2.75, 3.05) is 6.54 Å². The highest BCUT2D eigenvalue weighted by Crippen LogP contribution is 2.24. The maximum atomic E-state index is 11.9. The first kappa shape index (κ1) is 14.5. The van der Waals surface area contributed by atoms with Crippen LogP contribution in [-0.4, -0.2) is 22.4 Å². The monoisotopic (exact) mass is 315 g/mol. The molecule has 0 fully saturated rings. The highest BCUT2D eigenvalue weighted by Gasteiger charge is 2.19. The molecule has 0 saturated carbocycles. The van der Waals surface area contributed by atoms with Gasteiger partial charge in [0.2, 0.25) is 0 Å². The Balaban J connectivity index is 1.63. The molecule has 0 saturated heterocycles. The number of rotatable bonds is 3. The van der Waals surface area contributed by atoms with Gasteiger partial charge in [0.05, 0.1) is 5.69 Å². The normalized spacial score (nSPS) is 13.8. The van der Waals surface area contributed by atoms with E-state index in [-0.39, 0.29) is 5.91 Å².